The summed E-state index contributed by atoms with van der Waals surface area (Å²) in [7, 11) is 0. The summed E-state index contributed by atoms with van der Waals surface area (Å²) in [5.41, 5.74) is 9.20. The molecule has 0 bridgehead atoms. The first kappa shape index (κ1) is 24.5. The van der Waals surface area contributed by atoms with Crippen molar-refractivity contribution in [3.05, 3.63) is 125 Å². The Morgan fingerprint density at radius 1 is 0.636 bits per heavy atom. The van der Waals surface area contributed by atoms with Gasteiger partial charge in [-0.2, -0.15) is 0 Å². The van der Waals surface area contributed by atoms with E-state index in [9.17, 15) is 0 Å². The molecule has 3 heteroatoms. The standard InChI is InChI=1S/2C10H9.2C5H5.2ClH.Zr/c2*1-8-6-9-4-2-3-5-10(9)7-8;2*1-2-4-5-3-1;;;/h2*2-7H,1H3;2*1-3H,4H2;2*1H;. The molecule has 0 N–H and O–H groups in total. The van der Waals surface area contributed by atoms with Crippen molar-refractivity contribution in [2.45, 2.75) is 33.9 Å². The van der Waals surface area contributed by atoms with Crippen LogP contribution in [0.25, 0.3) is 12.2 Å². The zero-order valence-corrected chi connectivity index (χ0v) is 23.2. The van der Waals surface area contributed by atoms with Crippen LogP contribution in [0.5, 0.6) is 0 Å². The van der Waals surface area contributed by atoms with Gasteiger partial charge >= 0.3 is 191 Å². The van der Waals surface area contributed by atoms with Crippen molar-refractivity contribution in [3.63, 3.8) is 0 Å². The van der Waals surface area contributed by atoms with E-state index >= 15 is 0 Å². The van der Waals surface area contributed by atoms with Crippen molar-refractivity contribution in [1.29, 1.82) is 0 Å². The van der Waals surface area contributed by atoms with Gasteiger partial charge in [0.15, 0.2) is 0 Å². The molecule has 168 valence electrons. The number of halogens is 2. The molecule has 2 aromatic carbocycles. The van der Waals surface area contributed by atoms with Gasteiger partial charge in [-0.1, -0.05) is 0 Å². The quantitative estimate of drug-likeness (QED) is 0.355. The predicted molar refractivity (Wildman–Crippen MR) is 144 cm³/mol. The Kier molecular flexibility index (Phi) is 7.07. The van der Waals surface area contributed by atoms with Gasteiger partial charge in [-0.25, -0.2) is 0 Å². The number of allylic oxidation sites excluding steroid dienone is 10. The number of fused-ring (bicyclic) bond motifs is 2. The molecule has 0 nitrogen and oxygen atoms in total. The second-order valence-electron chi connectivity index (χ2n) is 9.42. The predicted octanol–water partition coefficient (Wildman–Crippen LogP) is 8.99. The van der Waals surface area contributed by atoms with E-state index < -0.39 is 20.3 Å². The fourth-order valence-electron chi connectivity index (χ4n) is 6.79. The number of benzene rings is 2. The molecule has 0 radical (unpaired) electrons. The summed E-state index contributed by atoms with van der Waals surface area (Å²) in [5.74, 6) is 0. The van der Waals surface area contributed by atoms with Gasteiger partial charge in [0.05, 0.1) is 0 Å². The Labute approximate surface area is 214 Å². The van der Waals surface area contributed by atoms with E-state index in [1.165, 1.54) is 11.1 Å². The van der Waals surface area contributed by atoms with Crippen molar-refractivity contribution >= 4 is 37.0 Å². The monoisotopic (exact) mass is 550 g/mol. The Hall–Kier alpha value is -1.66. The van der Waals surface area contributed by atoms with E-state index in [4.69, 9.17) is 0 Å². The normalized spacial score (nSPS) is 22.0. The topological polar surface area (TPSA) is 0 Å². The van der Waals surface area contributed by atoms with Crippen LogP contribution >= 0.6 is 24.8 Å². The van der Waals surface area contributed by atoms with Crippen LogP contribution < -0.4 is 0 Å². The van der Waals surface area contributed by atoms with Gasteiger partial charge < -0.3 is 0 Å². The van der Waals surface area contributed by atoms with Crippen molar-refractivity contribution < 1.29 is 20.3 Å². The summed E-state index contributed by atoms with van der Waals surface area (Å²) in [6, 6.07) is 18.4. The summed E-state index contributed by atoms with van der Waals surface area (Å²) in [4.78, 5) is 0. The van der Waals surface area contributed by atoms with Gasteiger partial charge in [0, 0.05) is 0 Å². The molecule has 0 amide bonds. The van der Waals surface area contributed by atoms with Gasteiger partial charge in [0.25, 0.3) is 0 Å². The SMILES string of the molecule is CC1=Cc2ccccc2[CH]1[Zr]([C]1=CC=CC1)([C]1=CC=CC1)[CH]1C(C)=Cc2ccccc21.Cl.Cl. The minimum atomic E-state index is -3.33. The Bertz CT molecular complexity index is 1170. The van der Waals surface area contributed by atoms with Crippen molar-refractivity contribution in [3.8, 4) is 0 Å². The average Bonchev–Trinajstić information content (AvgIpc) is 3.57. The van der Waals surface area contributed by atoms with Crippen LogP contribution in [-0.2, 0) is 20.3 Å². The van der Waals surface area contributed by atoms with E-state index in [-0.39, 0.29) is 24.8 Å². The minimum absolute atomic E-state index is 0. The second-order valence-corrected chi connectivity index (χ2v) is 19.7. The van der Waals surface area contributed by atoms with Crippen molar-refractivity contribution in [2.75, 3.05) is 0 Å². The Morgan fingerprint density at radius 3 is 1.45 bits per heavy atom. The summed E-state index contributed by atoms with van der Waals surface area (Å²) in [6.07, 6.45) is 21.7. The summed E-state index contributed by atoms with van der Waals surface area (Å²) < 4.78 is 4.66. The third kappa shape index (κ3) is 3.60. The van der Waals surface area contributed by atoms with Crippen molar-refractivity contribution in [2.24, 2.45) is 0 Å². The molecule has 0 aromatic heterocycles. The van der Waals surface area contributed by atoms with E-state index in [2.05, 4.69) is 111 Å². The minimum Gasteiger partial charge on any atom is -0.147 e. The van der Waals surface area contributed by atoms with Crippen LogP contribution in [-0.4, -0.2) is 0 Å². The molecule has 4 aliphatic carbocycles. The number of hydrogen-bond donors (Lipinski definition) is 0. The van der Waals surface area contributed by atoms with E-state index in [1.807, 2.05) is 0 Å². The largest absolute Gasteiger partial charge is 0.147 e. The zero-order valence-electron chi connectivity index (χ0n) is 19.1. The Balaban J connectivity index is 0.00000130. The van der Waals surface area contributed by atoms with Crippen LogP contribution in [0.3, 0.4) is 0 Å². The maximum atomic E-state index is 2.51. The summed E-state index contributed by atoms with van der Waals surface area (Å²) in [5, 5.41) is 0. The fraction of sp³-hybridized carbons (Fsp3) is 0.200. The fourth-order valence-corrected chi connectivity index (χ4v) is 24.0. The molecule has 0 spiro atoms. The third-order valence-corrected chi connectivity index (χ3v) is 23.1. The first-order chi connectivity index (χ1) is 15.2. The molecule has 0 fully saturated rings. The molecule has 2 unspecified atom stereocenters. The number of hydrogen-bond acceptors (Lipinski definition) is 0. The molecule has 33 heavy (non-hydrogen) atoms. The summed E-state index contributed by atoms with van der Waals surface area (Å²) >= 11 is -3.33. The molecule has 6 rings (SSSR count). The molecule has 0 heterocycles. The first-order valence-electron chi connectivity index (χ1n) is 11.5. The average molecular weight is 553 g/mol. The smallest absolute Gasteiger partial charge is 0.147 e. The van der Waals surface area contributed by atoms with Crippen LogP contribution in [0, 0.1) is 0 Å². The van der Waals surface area contributed by atoms with Crippen LogP contribution in [0.2, 0.25) is 0 Å². The number of rotatable bonds is 4. The van der Waals surface area contributed by atoms with Gasteiger partial charge in [-0.15, -0.1) is 24.8 Å². The van der Waals surface area contributed by atoms with E-state index in [0.717, 1.165) is 12.8 Å². The molecular formula is C30H30Cl2Zr. The molecular weight excluding hydrogens is 522 g/mol. The molecule has 4 aliphatic rings. The molecule has 0 aliphatic heterocycles. The Morgan fingerprint density at radius 2 is 1.06 bits per heavy atom. The van der Waals surface area contributed by atoms with Crippen molar-refractivity contribution in [1.82, 2.24) is 0 Å². The van der Waals surface area contributed by atoms with Crippen LogP contribution in [0.15, 0.2) is 103 Å². The maximum absolute atomic E-state index is 3.33. The van der Waals surface area contributed by atoms with Gasteiger partial charge in [0.2, 0.25) is 0 Å². The first-order valence-corrected chi connectivity index (χ1v) is 16.8. The van der Waals surface area contributed by atoms with Crippen LogP contribution in [0.4, 0.5) is 0 Å². The van der Waals surface area contributed by atoms with Gasteiger partial charge in [-0.3, -0.25) is 0 Å². The zero-order chi connectivity index (χ0) is 21.0. The molecule has 2 atom stereocenters. The molecule has 2 aromatic rings. The van der Waals surface area contributed by atoms with E-state index in [1.54, 1.807) is 28.8 Å². The third-order valence-electron chi connectivity index (χ3n) is 7.81. The van der Waals surface area contributed by atoms with Gasteiger partial charge in [-0.05, 0) is 0 Å². The van der Waals surface area contributed by atoms with Gasteiger partial charge in [0.1, 0.15) is 0 Å². The van der Waals surface area contributed by atoms with Crippen LogP contribution in [0.1, 0.15) is 56.2 Å². The molecule has 0 saturated carbocycles. The maximum Gasteiger partial charge on any atom is -0.147 e. The summed E-state index contributed by atoms with van der Waals surface area (Å²) in [6.45, 7) is 4.81. The molecule has 0 saturated heterocycles. The second kappa shape index (κ2) is 9.54. The van der Waals surface area contributed by atoms with E-state index in [0.29, 0.717) is 7.25 Å².